The smallest absolute Gasteiger partial charge is 0.408 e. The van der Waals surface area contributed by atoms with Gasteiger partial charge in [-0.05, 0) is 72.1 Å². The number of carbonyl (C=O) groups is 4. The van der Waals surface area contributed by atoms with Crippen LogP contribution in [0.2, 0.25) is 0 Å². The Morgan fingerprint density at radius 1 is 0.881 bits per heavy atom. The van der Waals surface area contributed by atoms with Crippen LogP contribution in [0, 0.1) is 6.92 Å². The molecule has 0 aromatic heterocycles. The first-order chi connectivity index (χ1) is 19.5. The van der Waals surface area contributed by atoms with Gasteiger partial charge >= 0.3 is 12.1 Å². The molecule has 2 N–H and O–H groups in total. The first kappa shape index (κ1) is 34.1. The molecule has 0 heterocycles. The van der Waals surface area contributed by atoms with E-state index in [0.717, 1.165) is 11.1 Å². The van der Waals surface area contributed by atoms with E-state index in [1.54, 1.807) is 53.7 Å². The SMILES string of the molecule is C=CCN(C(=O)C(C)NC(=O)OC(C)(C)C)C(C(=O)NC(Cc1ccccc1)C(=O)OC(C)(C)C)c1ccccc1C. The van der Waals surface area contributed by atoms with Crippen molar-refractivity contribution in [2.24, 2.45) is 0 Å². The molecule has 0 aliphatic heterocycles. The summed E-state index contributed by atoms with van der Waals surface area (Å²) in [6.07, 6.45) is 0.937. The van der Waals surface area contributed by atoms with Gasteiger partial charge in [-0.3, -0.25) is 9.59 Å². The summed E-state index contributed by atoms with van der Waals surface area (Å²) in [7, 11) is 0. The topological polar surface area (TPSA) is 114 Å². The number of alkyl carbamates (subject to hydrolysis) is 1. The van der Waals surface area contributed by atoms with Crippen molar-refractivity contribution in [2.45, 2.75) is 91.1 Å². The number of ether oxygens (including phenoxy) is 2. The number of aryl methyl sites for hydroxylation is 1. The molecule has 3 atom stereocenters. The number of rotatable bonds is 11. The summed E-state index contributed by atoms with van der Waals surface area (Å²) in [4.78, 5) is 55.0. The molecule has 3 unspecified atom stereocenters. The zero-order valence-corrected chi connectivity index (χ0v) is 26.0. The average molecular weight is 580 g/mol. The van der Waals surface area contributed by atoms with Crippen LogP contribution in [0.15, 0.2) is 67.3 Å². The zero-order valence-electron chi connectivity index (χ0n) is 26.0. The normalized spacial score (nSPS) is 13.6. The van der Waals surface area contributed by atoms with Crippen molar-refractivity contribution in [3.8, 4) is 0 Å². The van der Waals surface area contributed by atoms with Crippen LogP contribution < -0.4 is 10.6 Å². The summed E-state index contributed by atoms with van der Waals surface area (Å²) in [6, 6.07) is 13.3. The minimum absolute atomic E-state index is 0.00137. The van der Waals surface area contributed by atoms with Crippen LogP contribution in [-0.4, -0.2) is 58.6 Å². The molecule has 42 heavy (non-hydrogen) atoms. The fraction of sp³-hybridized carbons (Fsp3) is 0.455. The molecule has 2 aromatic carbocycles. The highest BCUT2D eigenvalue weighted by Gasteiger charge is 2.37. The van der Waals surface area contributed by atoms with E-state index in [1.165, 1.54) is 17.9 Å². The van der Waals surface area contributed by atoms with Crippen LogP contribution in [-0.2, 0) is 30.3 Å². The second kappa shape index (κ2) is 14.7. The van der Waals surface area contributed by atoms with Gasteiger partial charge in [-0.25, -0.2) is 9.59 Å². The number of nitrogens with zero attached hydrogens (tertiary/aromatic N) is 1. The lowest BCUT2D eigenvalue weighted by atomic mass is 9.97. The predicted molar refractivity (Wildman–Crippen MR) is 163 cm³/mol. The Morgan fingerprint density at radius 2 is 1.45 bits per heavy atom. The summed E-state index contributed by atoms with van der Waals surface area (Å²) in [5, 5.41) is 5.42. The Balaban J connectivity index is 2.49. The second-order valence-corrected chi connectivity index (χ2v) is 12.2. The van der Waals surface area contributed by atoms with Gasteiger partial charge < -0.3 is 25.0 Å². The molecule has 9 heteroatoms. The summed E-state index contributed by atoms with van der Waals surface area (Å²) < 4.78 is 11.0. The van der Waals surface area contributed by atoms with Gasteiger partial charge in [0.1, 0.15) is 29.3 Å². The number of hydrogen-bond acceptors (Lipinski definition) is 6. The third kappa shape index (κ3) is 10.7. The largest absolute Gasteiger partial charge is 0.458 e. The monoisotopic (exact) mass is 579 g/mol. The first-order valence-corrected chi connectivity index (χ1v) is 14.1. The maximum absolute atomic E-state index is 14.2. The van der Waals surface area contributed by atoms with E-state index in [9.17, 15) is 19.2 Å². The maximum atomic E-state index is 14.2. The Morgan fingerprint density at radius 3 is 2.00 bits per heavy atom. The van der Waals surface area contributed by atoms with Crippen molar-refractivity contribution in [3.63, 3.8) is 0 Å². The van der Waals surface area contributed by atoms with Crippen LogP contribution in [0.25, 0.3) is 0 Å². The molecular weight excluding hydrogens is 534 g/mol. The highest BCUT2D eigenvalue weighted by Crippen LogP contribution is 2.26. The van der Waals surface area contributed by atoms with E-state index in [1.807, 2.05) is 49.4 Å². The van der Waals surface area contributed by atoms with E-state index in [0.29, 0.717) is 5.56 Å². The third-order valence-electron chi connectivity index (χ3n) is 6.05. The third-order valence-corrected chi connectivity index (χ3v) is 6.05. The maximum Gasteiger partial charge on any atom is 0.408 e. The molecule has 0 bridgehead atoms. The second-order valence-electron chi connectivity index (χ2n) is 12.2. The fourth-order valence-corrected chi connectivity index (χ4v) is 4.27. The van der Waals surface area contributed by atoms with E-state index in [-0.39, 0.29) is 13.0 Å². The van der Waals surface area contributed by atoms with Crippen LogP contribution in [0.4, 0.5) is 4.79 Å². The summed E-state index contributed by atoms with van der Waals surface area (Å²) in [5.41, 5.74) is 0.628. The van der Waals surface area contributed by atoms with Gasteiger partial charge in [-0.15, -0.1) is 6.58 Å². The predicted octanol–water partition coefficient (Wildman–Crippen LogP) is 5.03. The number of esters is 1. The molecule has 0 saturated carbocycles. The Labute approximate surface area is 249 Å². The van der Waals surface area contributed by atoms with Crippen molar-refractivity contribution < 1.29 is 28.7 Å². The molecule has 0 radical (unpaired) electrons. The average Bonchev–Trinajstić information content (AvgIpc) is 2.87. The van der Waals surface area contributed by atoms with Crippen molar-refractivity contribution in [2.75, 3.05) is 6.54 Å². The molecule has 0 aliphatic rings. The van der Waals surface area contributed by atoms with Gasteiger partial charge in [-0.2, -0.15) is 0 Å². The lowest BCUT2D eigenvalue weighted by Gasteiger charge is -2.34. The number of carbonyl (C=O) groups excluding carboxylic acids is 4. The van der Waals surface area contributed by atoms with E-state index >= 15 is 0 Å². The highest BCUT2D eigenvalue weighted by atomic mass is 16.6. The molecule has 0 aliphatic carbocycles. The number of benzene rings is 2. The Hall–Kier alpha value is -4.14. The van der Waals surface area contributed by atoms with Gasteiger partial charge in [0, 0.05) is 13.0 Å². The van der Waals surface area contributed by atoms with Crippen molar-refractivity contribution in [3.05, 3.63) is 83.9 Å². The lowest BCUT2D eigenvalue weighted by molar-refractivity contribution is -0.159. The minimum Gasteiger partial charge on any atom is -0.458 e. The van der Waals surface area contributed by atoms with Crippen LogP contribution >= 0.6 is 0 Å². The zero-order chi connectivity index (χ0) is 31.7. The summed E-state index contributed by atoms with van der Waals surface area (Å²) in [6.45, 7) is 17.6. The molecule has 9 nitrogen and oxygen atoms in total. The molecule has 2 aromatic rings. The quantitative estimate of drug-likeness (QED) is 0.285. The molecule has 0 spiro atoms. The first-order valence-electron chi connectivity index (χ1n) is 14.1. The molecule has 228 valence electrons. The van der Waals surface area contributed by atoms with Crippen molar-refractivity contribution in [1.29, 1.82) is 0 Å². The van der Waals surface area contributed by atoms with Gasteiger partial charge in [0.2, 0.25) is 11.8 Å². The molecule has 2 rings (SSSR count). The highest BCUT2D eigenvalue weighted by molar-refractivity contribution is 5.94. The van der Waals surface area contributed by atoms with Crippen LogP contribution in [0.1, 0.15) is 71.2 Å². The van der Waals surface area contributed by atoms with E-state index < -0.39 is 53.2 Å². The van der Waals surface area contributed by atoms with Gasteiger partial charge in [-0.1, -0.05) is 60.7 Å². The van der Waals surface area contributed by atoms with E-state index in [4.69, 9.17) is 9.47 Å². The molecule has 0 fully saturated rings. The van der Waals surface area contributed by atoms with Crippen molar-refractivity contribution >= 4 is 23.9 Å². The van der Waals surface area contributed by atoms with Crippen LogP contribution in [0.3, 0.4) is 0 Å². The van der Waals surface area contributed by atoms with Gasteiger partial charge in [0.25, 0.3) is 0 Å². The lowest BCUT2D eigenvalue weighted by Crippen LogP contribution is -2.54. The van der Waals surface area contributed by atoms with Gasteiger partial charge in [0.05, 0.1) is 0 Å². The summed E-state index contributed by atoms with van der Waals surface area (Å²) in [5.74, 6) is -1.69. The van der Waals surface area contributed by atoms with Crippen LogP contribution in [0.5, 0.6) is 0 Å². The standard InChI is InChI=1S/C33H45N3O6/c1-10-20-36(29(38)23(3)34-31(40)42-33(7,8)9)27(25-19-15-14-16-22(25)2)28(37)35-26(30(39)41-32(4,5)6)21-24-17-12-11-13-18-24/h10-19,23,26-27H,1,20-21H2,2-9H3,(H,34,40)(H,35,37). The molecule has 0 saturated heterocycles. The van der Waals surface area contributed by atoms with Crippen molar-refractivity contribution in [1.82, 2.24) is 15.5 Å². The molecular formula is C33H45N3O6. The Bertz CT molecular complexity index is 1250. The minimum atomic E-state index is -1.14. The molecule has 3 amide bonds. The number of nitrogens with one attached hydrogen (secondary N) is 2. The van der Waals surface area contributed by atoms with E-state index in [2.05, 4.69) is 17.2 Å². The number of amides is 3. The fourth-order valence-electron chi connectivity index (χ4n) is 4.27. The summed E-state index contributed by atoms with van der Waals surface area (Å²) >= 11 is 0. The van der Waals surface area contributed by atoms with Gasteiger partial charge in [0.15, 0.2) is 0 Å². The number of hydrogen-bond donors (Lipinski definition) is 2. The Kier molecular flexibility index (Phi) is 11.9.